The first-order valence-electron chi connectivity index (χ1n) is 10.8. The van der Waals surface area contributed by atoms with Gasteiger partial charge in [0.1, 0.15) is 0 Å². The van der Waals surface area contributed by atoms with Gasteiger partial charge in [-0.05, 0) is 64.4 Å². The molecule has 1 N–H and O–H groups in total. The number of anilines is 1. The Bertz CT molecular complexity index is 835. The van der Waals surface area contributed by atoms with Crippen molar-refractivity contribution in [3.05, 3.63) is 47.5 Å². The molecule has 2 aromatic rings. The standard InChI is InChI=1S/C24H33N3O4/c1-6-27(7-2)20-13-11-18(12-14-20)17-25-26-24(28)19-15-21(29-8-3)23(31-10-5)22(16-19)30-9-4/h11-17H,6-10H2,1-5H3,(H,26,28). The molecule has 0 spiro atoms. The first kappa shape index (κ1) is 24.1. The molecule has 0 aromatic heterocycles. The summed E-state index contributed by atoms with van der Waals surface area (Å²) >= 11 is 0. The molecule has 0 heterocycles. The van der Waals surface area contributed by atoms with Gasteiger partial charge in [0.15, 0.2) is 11.5 Å². The summed E-state index contributed by atoms with van der Waals surface area (Å²) in [6, 6.07) is 11.3. The van der Waals surface area contributed by atoms with Crippen LogP contribution in [0.1, 0.15) is 50.5 Å². The second kappa shape index (κ2) is 12.5. The first-order chi connectivity index (χ1) is 15.1. The molecule has 0 saturated carbocycles. The number of hydrogen-bond acceptors (Lipinski definition) is 6. The van der Waals surface area contributed by atoms with E-state index in [2.05, 4.69) is 29.3 Å². The highest BCUT2D eigenvalue weighted by Gasteiger charge is 2.18. The molecule has 0 fully saturated rings. The van der Waals surface area contributed by atoms with Crippen LogP contribution in [-0.4, -0.2) is 45.0 Å². The Kier molecular flexibility index (Phi) is 9.68. The van der Waals surface area contributed by atoms with Crippen LogP contribution in [-0.2, 0) is 0 Å². The Morgan fingerprint density at radius 1 is 0.903 bits per heavy atom. The van der Waals surface area contributed by atoms with Crippen LogP contribution in [0.3, 0.4) is 0 Å². The average Bonchev–Trinajstić information content (AvgIpc) is 2.78. The highest BCUT2D eigenvalue weighted by atomic mass is 16.5. The number of carbonyl (C=O) groups is 1. The van der Waals surface area contributed by atoms with Crippen LogP contribution in [0.5, 0.6) is 17.2 Å². The van der Waals surface area contributed by atoms with Gasteiger partial charge in [-0.3, -0.25) is 4.79 Å². The van der Waals surface area contributed by atoms with Gasteiger partial charge in [0, 0.05) is 24.3 Å². The van der Waals surface area contributed by atoms with Gasteiger partial charge >= 0.3 is 0 Å². The lowest BCUT2D eigenvalue weighted by Gasteiger charge is -2.20. The van der Waals surface area contributed by atoms with Gasteiger partial charge in [-0.25, -0.2) is 5.43 Å². The number of nitrogens with zero attached hydrogens (tertiary/aromatic N) is 2. The Morgan fingerprint density at radius 2 is 1.45 bits per heavy atom. The smallest absolute Gasteiger partial charge is 0.271 e. The molecule has 0 bridgehead atoms. The van der Waals surface area contributed by atoms with Gasteiger partial charge in [0.05, 0.1) is 26.0 Å². The molecule has 0 atom stereocenters. The minimum atomic E-state index is -0.360. The zero-order chi connectivity index (χ0) is 22.6. The summed E-state index contributed by atoms with van der Waals surface area (Å²) in [6.07, 6.45) is 1.62. The molecule has 0 aliphatic carbocycles. The van der Waals surface area contributed by atoms with Crippen LogP contribution in [0.15, 0.2) is 41.5 Å². The summed E-state index contributed by atoms with van der Waals surface area (Å²) in [5.74, 6) is 1.08. The third kappa shape index (κ3) is 6.64. The van der Waals surface area contributed by atoms with Crippen molar-refractivity contribution in [2.24, 2.45) is 5.10 Å². The molecule has 1 amide bonds. The van der Waals surface area contributed by atoms with Crippen molar-refractivity contribution in [3.63, 3.8) is 0 Å². The van der Waals surface area contributed by atoms with Gasteiger partial charge < -0.3 is 19.1 Å². The van der Waals surface area contributed by atoms with E-state index in [1.165, 1.54) is 0 Å². The van der Waals surface area contributed by atoms with Crippen molar-refractivity contribution >= 4 is 17.8 Å². The predicted molar refractivity (Wildman–Crippen MR) is 125 cm³/mol. The Morgan fingerprint density at radius 3 is 1.94 bits per heavy atom. The largest absolute Gasteiger partial charge is 0.490 e. The fraction of sp³-hybridized carbons (Fsp3) is 0.417. The van der Waals surface area contributed by atoms with Gasteiger partial charge in [-0.15, -0.1) is 0 Å². The van der Waals surface area contributed by atoms with Crippen LogP contribution < -0.4 is 24.5 Å². The molecule has 31 heavy (non-hydrogen) atoms. The van der Waals surface area contributed by atoms with E-state index in [-0.39, 0.29) is 5.91 Å². The SMILES string of the molecule is CCOc1cc(C(=O)NN=Cc2ccc(N(CC)CC)cc2)cc(OCC)c1OCC. The normalized spacial score (nSPS) is 10.7. The lowest BCUT2D eigenvalue weighted by atomic mass is 10.1. The fourth-order valence-electron chi connectivity index (χ4n) is 3.11. The van der Waals surface area contributed by atoms with Crippen molar-refractivity contribution in [2.45, 2.75) is 34.6 Å². The third-order valence-corrected chi connectivity index (χ3v) is 4.57. The maximum atomic E-state index is 12.7. The number of rotatable bonds is 12. The minimum absolute atomic E-state index is 0.360. The van der Waals surface area contributed by atoms with Crippen molar-refractivity contribution in [2.75, 3.05) is 37.8 Å². The summed E-state index contributed by atoms with van der Waals surface area (Å²) < 4.78 is 17.0. The third-order valence-electron chi connectivity index (χ3n) is 4.57. The molecular weight excluding hydrogens is 394 g/mol. The van der Waals surface area contributed by atoms with E-state index in [1.54, 1.807) is 18.3 Å². The quantitative estimate of drug-likeness (QED) is 0.399. The number of hydrogen-bond donors (Lipinski definition) is 1. The average molecular weight is 428 g/mol. The van der Waals surface area contributed by atoms with Crippen molar-refractivity contribution < 1.29 is 19.0 Å². The maximum absolute atomic E-state index is 12.7. The number of hydrazone groups is 1. The predicted octanol–water partition coefficient (Wildman–Crippen LogP) is 4.49. The Balaban J connectivity index is 2.15. The van der Waals surface area contributed by atoms with Crippen LogP contribution in [0.2, 0.25) is 0 Å². The van der Waals surface area contributed by atoms with E-state index in [0.29, 0.717) is 42.6 Å². The van der Waals surface area contributed by atoms with Crippen LogP contribution in [0.4, 0.5) is 5.69 Å². The van der Waals surface area contributed by atoms with Crippen molar-refractivity contribution in [3.8, 4) is 17.2 Å². The fourth-order valence-corrected chi connectivity index (χ4v) is 3.11. The highest BCUT2D eigenvalue weighted by Crippen LogP contribution is 2.39. The molecule has 0 unspecified atom stereocenters. The number of carbonyl (C=O) groups excluding carboxylic acids is 1. The topological polar surface area (TPSA) is 72.4 Å². The molecule has 0 aliphatic rings. The summed E-state index contributed by atoms with van der Waals surface area (Å²) in [5.41, 5.74) is 5.00. The van der Waals surface area contributed by atoms with E-state index in [0.717, 1.165) is 24.3 Å². The van der Waals surface area contributed by atoms with Crippen LogP contribution in [0.25, 0.3) is 0 Å². The minimum Gasteiger partial charge on any atom is -0.490 e. The molecule has 0 aliphatic heterocycles. The van der Waals surface area contributed by atoms with Gasteiger partial charge in [-0.1, -0.05) is 12.1 Å². The summed E-state index contributed by atoms with van der Waals surface area (Å²) in [7, 11) is 0. The highest BCUT2D eigenvalue weighted by molar-refractivity contribution is 5.96. The zero-order valence-corrected chi connectivity index (χ0v) is 19.1. The Hall–Kier alpha value is -3.22. The van der Waals surface area contributed by atoms with Crippen LogP contribution >= 0.6 is 0 Å². The van der Waals surface area contributed by atoms with E-state index in [1.807, 2.05) is 45.0 Å². The van der Waals surface area contributed by atoms with Crippen molar-refractivity contribution in [1.82, 2.24) is 5.43 Å². The second-order valence-electron chi connectivity index (χ2n) is 6.56. The van der Waals surface area contributed by atoms with Gasteiger partial charge in [0.2, 0.25) is 5.75 Å². The summed E-state index contributed by atoms with van der Waals surface area (Å²) in [5, 5.41) is 4.09. The number of ether oxygens (including phenoxy) is 3. The molecule has 7 heteroatoms. The first-order valence-corrected chi connectivity index (χ1v) is 10.8. The molecule has 0 radical (unpaired) electrons. The van der Waals surface area contributed by atoms with Crippen molar-refractivity contribution in [1.29, 1.82) is 0 Å². The molecule has 2 aromatic carbocycles. The molecular formula is C24H33N3O4. The number of benzene rings is 2. The number of amides is 1. The summed E-state index contributed by atoms with van der Waals surface area (Å²) in [4.78, 5) is 14.9. The van der Waals surface area contributed by atoms with E-state index < -0.39 is 0 Å². The van der Waals surface area contributed by atoms with Gasteiger partial charge in [-0.2, -0.15) is 5.10 Å². The lowest BCUT2D eigenvalue weighted by molar-refractivity contribution is 0.0954. The van der Waals surface area contributed by atoms with Crippen LogP contribution in [0, 0.1) is 0 Å². The van der Waals surface area contributed by atoms with Gasteiger partial charge in [0.25, 0.3) is 5.91 Å². The lowest BCUT2D eigenvalue weighted by Crippen LogP contribution is -2.21. The molecule has 2 rings (SSSR count). The zero-order valence-electron chi connectivity index (χ0n) is 19.1. The monoisotopic (exact) mass is 427 g/mol. The summed E-state index contributed by atoms with van der Waals surface area (Å²) in [6.45, 7) is 13.1. The second-order valence-corrected chi connectivity index (χ2v) is 6.56. The van der Waals surface area contributed by atoms with E-state index in [4.69, 9.17) is 14.2 Å². The number of nitrogens with one attached hydrogen (secondary N) is 1. The molecule has 0 saturated heterocycles. The van der Waals surface area contributed by atoms with E-state index >= 15 is 0 Å². The van der Waals surface area contributed by atoms with E-state index in [9.17, 15) is 4.79 Å². The maximum Gasteiger partial charge on any atom is 0.271 e. The molecule has 7 nitrogen and oxygen atoms in total. The molecule has 168 valence electrons. The Labute approximate surface area is 185 Å².